The highest BCUT2D eigenvalue weighted by Gasteiger charge is 2.03. The molecule has 0 aliphatic carbocycles. The lowest BCUT2D eigenvalue weighted by Gasteiger charge is -2.12. The molecule has 1 atom stereocenters. The molecule has 0 aliphatic heterocycles. The average Bonchev–Trinajstić information content (AvgIpc) is 1.87. The summed E-state index contributed by atoms with van der Waals surface area (Å²) in [4.78, 5) is 20.0. The molecule has 0 saturated carbocycles. The summed E-state index contributed by atoms with van der Waals surface area (Å²) < 4.78 is 0. The van der Waals surface area contributed by atoms with Gasteiger partial charge in [-0.2, -0.15) is 0 Å². The zero-order valence-electron chi connectivity index (χ0n) is 5.91. The number of carboxylic acid groups (broad SMARTS) is 2. The van der Waals surface area contributed by atoms with E-state index in [2.05, 4.69) is 6.58 Å². The third kappa shape index (κ3) is 4.13. The van der Waals surface area contributed by atoms with Gasteiger partial charge in [0.25, 0.3) is 0 Å². The number of hydrogen-bond acceptors (Lipinski definition) is 4. The summed E-state index contributed by atoms with van der Waals surface area (Å²) in [5, 5.41) is 20.0. The van der Waals surface area contributed by atoms with Crippen molar-refractivity contribution in [1.82, 2.24) is 0 Å². The van der Waals surface area contributed by atoms with E-state index in [1.54, 1.807) is 0 Å². The number of hydrogen-bond donors (Lipinski definition) is 0. The molecule has 0 aromatic rings. The number of carbonyl (C=O) groups is 2. The predicted molar refractivity (Wildman–Crippen MR) is 32.9 cm³/mol. The molecule has 1 unspecified atom stereocenters. The first-order valence-electron chi connectivity index (χ1n) is 3.11. The third-order valence-corrected chi connectivity index (χ3v) is 1.25. The molecular formula is C7H8O4-2. The molecule has 0 rings (SSSR count). The predicted octanol–water partition coefficient (Wildman–Crippen LogP) is -1.93. The molecule has 0 heterocycles. The first kappa shape index (κ1) is 9.68. The zero-order chi connectivity index (χ0) is 8.85. The Labute approximate surface area is 64.2 Å². The van der Waals surface area contributed by atoms with Gasteiger partial charge in [0, 0.05) is 17.9 Å². The van der Waals surface area contributed by atoms with E-state index in [0.717, 1.165) is 6.08 Å². The van der Waals surface area contributed by atoms with E-state index in [9.17, 15) is 19.8 Å². The van der Waals surface area contributed by atoms with Gasteiger partial charge < -0.3 is 19.8 Å². The monoisotopic (exact) mass is 156 g/mol. The maximum Gasteiger partial charge on any atom is 0.0483 e. The molecule has 0 bridgehead atoms. The molecule has 11 heavy (non-hydrogen) atoms. The van der Waals surface area contributed by atoms with Gasteiger partial charge in [0.2, 0.25) is 0 Å². The van der Waals surface area contributed by atoms with Crippen LogP contribution >= 0.6 is 0 Å². The first-order chi connectivity index (χ1) is 5.07. The van der Waals surface area contributed by atoms with Gasteiger partial charge in [0.15, 0.2) is 0 Å². The van der Waals surface area contributed by atoms with Crippen molar-refractivity contribution in [2.75, 3.05) is 0 Å². The van der Waals surface area contributed by atoms with E-state index in [4.69, 9.17) is 0 Å². The van der Waals surface area contributed by atoms with Crippen molar-refractivity contribution in [1.29, 1.82) is 0 Å². The summed E-state index contributed by atoms with van der Waals surface area (Å²) in [6.45, 7) is 3.23. The Morgan fingerprint density at radius 1 is 1.45 bits per heavy atom. The van der Waals surface area contributed by atoms with Crippen LogP contribution in [-0.2, 0) is 9.59 Å². The second-order valence-corrected chi connectivity index (χ2v) is 2.07. The topological polar surface area (TPSA) is 80.3 Å². The molecule has 0 amide bonds. The Hall–Kier alpha value is -1.32. The van der Waals surface area contributed by atoms with Crippen LogP contribution in [0.5, 0.6) is 0 Å². The standard InChI is InChI=1S/C7H10O4/c1-2-5(7(10)11)3-4-6(8)9/h2,5H,1,3-4H2,(H,8,9)(H,10,11)/p-2. The lowest BCUT2D eigenvalue weighted by Crippen LogP contribution is -2.31. The Balaban J connectivity index is 3.79. The fourth-order valence-corrected chi connectivity index (χ4v) is 0.605. The molecular weight excluding hydrogens is 148 g/mol. The van der Waals surface area contributed by atoms with Gasteiger partial charge in [-0.05, 0) is 12.8 Å². The number of carboxylic acids is 2. The second kappa shape index (κ2) is 4.49. The van der Waals surface area contributed by atoms with E-state index < -0.39 is 17.9 Å². The average molecular weight is 156 g/mol. The normalized spacial score (nSPS) is 12.0. The van der Waals surface area contributed by atoms with Crippen LogP contribution in [0.3, 0.4) is 0 Å². The fraction of sp³-hybridized carbons (Fsp3) is 0.429. The van der Waals surface area contributed by atoms with Gasteiger partial charge in [0.1, 0.15) is 0 Å². The molecule has 4 nitrogen and oxygen atoms in total. The highest BCUT2D eigenvalue weighted by molar-refractivity contribution is 5.71. The van der Waals surface area contributed by atoms with Crippen molar-refractivity contribution in [3.8, 4) is 0 Å². The zero-order valence-corrected chi connectivity index (χ0v) is 5.91. The lowest BCUT2D eigenvalue weighted by atomic mass is 10.0. The van der Waals surface area contributed by atoms with E-state index >= 15 is 0 Å². The van der Waals surface area contributed by atoms with Crippen molar-refractivity contribution in [3.05, 3.63) is 12.7 Å². The van der Waals surface area contributed by atoms with Gasteiger partial charge in [-0.3, -0.25) is 0 Å². The van der Waals surface area contributed by atoms with Gasteiger partial charge in [-0.1, -0.05) is 6.08 Å². The molecule has 0 fully saturated rings. The maximum absolute atomic E-state index is 10.1. The molecule has 0 aromatic carbocycles. The van der Waals surface area contributed by atoms with E-state index in [1.807, 2.05) is 0 Å². The van der Waals surface area contributed by atoms with E-state index in [-0.39, 0.29) is 12.8 Å². The summed E-state index contributed by atoms with van der Waals surface area (Å²) >= 11 is 0. The molecule has 4 heteroatoms. The van der Waals surface area contributed by atoms with Gasteiger partial charge in [0.05, 0.1) is 0 Å². The van der Waals surface area contributed by atoms with Crippen LogP contribution < -0.4 is 10.2 Å². The summed E-state index contributed by atoms with van der Waals surface area (Å²) in [5.74, 6) is -3.47. The van der Waals surface area contributed by atoms with Gasteiger partial charge in [-0.15, -0.1) is 6.58 Å². The van der Waals surface area contributed by atoms with Crippen LogP contribution in [0.4, 0.5) is 0 Å². The Kier molecular flexibility index (Phi) is 3.95. The SMILES string of the molecule is C=CC(CCC(=O)[O-])C(=O)[O-]. The van der Waals surface area contributed by atoms with Crippen LogP contribution in [0.1, 0.15) is 12.8 Å². The maximum atomic E-state index is 10.1. The molecule has 0 saturated heterocycles. The molecule has 62 valence electrons. The van der Waals surface area contributed by atoms with Crippen molar-refractivity contribution in [2.24, 2.45) is 5.92 Å². The second-order valence-electron chi connectivity index (χ2n) is 2.07. The Morgan fingerprint density at radius 3 is 2.27 bits per heavy atom. The molecule has 0 spiro atoms. The minimum Gasteiger partial charge on any atom is -0.550 e. The minimum atomic E-state index is -1.30. The number of aliphatic carboxylic acids is 2. The summed E-state index contributed by atoms with van der Waals surface area (Å²) in [5.41, 5.74) is 0. The Morgan fingerprint density at radius 2 is 2.00 bits per heavy atom. The van der Waals surface area contributed by atoms with Crippen molar-refractivity contribution in [3.63, 3.8) is 0 Å². The summed E-state index contributed by atoms with van der Waals surface area (Å²) in [6, 6.07) is 0. The lowest BCUT2D eigenvalue weighted by molar-refractivity contribution is -0.311. The first-order valence-corrected chi connectivity index (χ1v) is 3.11. The highest BCUT2D eigenvalue weighted by atomic mass is 16.4. The number of carbonyl (C=O) groups excluding carboxylic acids is 2. The van der Waals surface area contributed by atoms with E-state index in [1.165, 1.54) is 0 Å². The van der Waals surface area contributed by atoms with Crippen molar-refractivity contribution < 1.29 is 19.8 Å². The molecule has 0 aromatic heterocycles. The van der Waals surface area contributed by atoms with Crippen LogP contribution in [0.2, 0.25) is 0 Å². The van der Waals surface area contributed by atoms with Crippen LogP contribution in [0, 0.1) is 5.92 Å². The minimum absolute atomic E-state index is 0.0197. The fourth-order valence-electron chi connectivity index (χ4n) is 0.605. The molecule has 0 aliphatic rings. The third-order valence-electron chi connectivity index (χ3n) is 1.25. The Bertz CT molecular complexity index is 173. The molecule has 0 radical (unpaired) electrons. The van der Waals surface area contributed by atoms with Crippen LogP contribution in [-0.4, -0.2) is 11.9 Å². The smallest absolute Gasteiger partial charge is 0.0483 e. The largest absolute Gasteiger partial charge is 0.550 e. The van der Waals surface area contributed by atoms with E-state index in [0.29, 0.717) is 0 Å². The number of rotatable bonds is 5. The summed E-state index contributed by atoms with van der Waals surface area (Å²) in [6.07, 6.45) is 0.844. The van der Waals surface area contributed by atoms with Crippen LogP contribution in [0.25, 0.3) is 0 Å². The molecule has 0 N–H and O–H groups in total. The summed E-state index contributed by atoms with van der Waals surface area (Å²) in [7, 11) is 0. The van der Waals surface area contributed by atoms with Gasteiger partial charge >= 0.3 is 0 Å². The van der Waals surface area contributed by atoms with Crippen molar-refractivity contribution in [2.45, 2.75) is 12.8 Å². The van der Waals surface area contributed by atoms with Crippen molar-refractivity contribution >= 4 is 11.9 Å². The highest BCUT2D eigenvalue weighted by Crippen LogP contribution is 2.05. The van der Waals surface area contributed by atoms with Crippen LogP contribution in [0.15, 0.2) is 12.7 Å². The quantitative estimate of drug-likeness (QED) is 0.434. The van der Waals surface area contributed by atoms with Gasteiger partial charge in [-0.25, -0.2) is 0 Å².